The molecule has 0 atom stereocenters. The van der Waals surface area contributed by atoms with E-state index in [1.54, 1.807) is 12.2 Å². The van der Waals surface area contributed by atoms with Crippen LogP contribution in [-0.4, -0.2) is 12.2 Å². The molecular formula is C16H20N2O2. The summed E-state index contributed by atoms with van der Waals surface area (Å²) in [5, 5.41) is 0. The molecule has 0 amide bonds. The molecule has 0 spiro atoms. The van der Waals surface area contributed by atoms with E-state index in [1.165, 1.54) is 0 Å². The second-order valence-electron chi connectivity index (χ2n) is 5.08. The topological polar surface area (TPSA) is 58.9 Å². The van der Waals surface area contributed by atoms with E-state index in [0.29, 0.717) is 23.7 Å². The van der Waals surface area contributed by atoms with Gasteiger partial charge < -0.3 is 0 Å². The molecule has 0 aliphatic heterocycles. The zero-order valence-electron chi connectivity index (χ0n) is 12.5. The maximum absolute atomic E-state index is 10.7. The van der Waals surface area contributed by atoms with Crippen molar-refractivity contribution in [1.82, 2.24) is 0 Å². The Bertz CT molecular complexity index is 579. The average molecular weight is 272 g/mol. The third-order valence-electron chi connectivity index (χ3n) is 3.21. The van der Waals surface area contributed by atoms with E-state index in [-0.39, 0.29) is 0 Å². The van der Waals surface area contributed by atoms with Gasteiger partial charge in [-0.25, -0.2) is 9.59 Å². The number of hydrogen-bond acceptors (Lipinski definition) is 4. The lowest BCUT2D eigenvalue weighted by atomic mass is 9.92. The predicted octanol–water partition coefficient (Wildman–Crippen LogP) is 3.94. The van der Waals surface area contributed by atoms with Crippen molar-refractivity contribution in [3.63, 3.8) is 0 Å². The van der Waals surface area contributed by atoms with Crippen molar-refractivity contribution in [2.75, 3.05) is 0 Å². The SMILES string of the molecule is CCc1cc(CC(C)C)c(N=C=O)c(CC)c1N=C=O. The fraction of sp³-hybridized carbons (Fsp3) is 0.500. The molecule has 0 aliphatic carbocycles. The highest BCUT2D eigenvalue weighted by Crippen LogP contribution is 2.37. The minimum atomic E-state index is 0.449. The molecule has 1 rings (SSSR count). The Kier molecular flexibility index (Phi) is 6.05. The molecule has 20 heavy (non-hydrogen) atoms. The van der Waals surface area contributed by atoms with E-state index in [2.05, 4.69) is 23.8 Å². The van der Waals surface area contributed by atoms with Gasteiger partial charge in [0.1, 0.15) is 0 Å². The van der Waals surface area contributed by atoms with Crippen molar-refractivity contribution >= 4 is 23.5 Å². The Morgan fingerprint density at radius 3 is 1.95 bits per heavy atom. The van der Waals surface area contributed by atoms with E-state index in [9.17, 15) is 9.59 Å². The summed E-state index contributed by atoms with van der Waals surface area (Å²) >= 11 is 0. The van der Waals surface area contributed by atoms with Gasteiger partial charge in [-0.15, -0.1) is 0 Å². The Morgan fingerprint density at radius 2 is 1.55 bits per heavy atom. The zero-order valence-corrected chi connectivity index (χ0v) is 12.5. The molecule has 1 aromatic carbocycles. The first-order chi connectivity index (χ1) is 9.58. The summed E-state index contributed by atoms with van der Waals surface area (Å²) in [6.45, 7) is 8.20. The molecule has 0 bridgehead atoms. The Labute approximate surface area is 119 Å². The van der Waals surface area contributed by atoms with Crippen LogP contribution >= 0.6 is 0 Å². The molecule has 4 heteroatoms. The van der Waals surface area contributed by atoms with Gasteiger partial charge in [0.25, 0.3) is 0 Å². The Morgan fingerprint density at radius 1 is 1.00 bits per heavy atom. The Hall–Kier alpha value is -2.02. The molecule has 4 nitrogen and oxygen atoms in total. The molecule has 0 saturated carbocycles. The number of aryl methyl sites for hydroxylation is 1. The largest absolute Gasteiger partial charge is 0.240 e. The molecule has 0 saturated heterocycles. The minimum absolute atomic E-state index is 0.449. The van der Waals surface area contributed by atoms with Crippen molar-refractivity contribution in [1.29, 1.82) is 0 Å². The fourth-order valence-electron chi connectivity index (χ4n) is 2.42. The van der Waals surface area contributed by atoms with Crippen molar-refractivity contribution in [2.24, 2.45) is 15.9 Å². The Balaban J connectivity index is 3.69. The van der Waals surface area contributed by atoms with Gasteiger partial charge in [-0.05, 0) is 36.3 Å². The average Bonchev–Trinajstić information content (AvgIpc) is 2.41. The van der Waals surface area contributed by atoms with E-state index in [1.807, 2.05) is 19.9 Å². The molecule has 106 valence electrons. The van der Waals surface area contributed by atoms with Crippen molar-refractivity contribution < 1.29 is 9.59 Å². The third kappa shape index (κ3) is 3.51. The van der Waals surface area contributed by atoms with Gasteiger partial charge in [-0.3, -0.25) is 0 Å². The second-order valence-corrected chi connectivity index (χ2v) is 5.08. The van der Waals surface area contributed by atoms with Crippen LogP contribution in [0.25, 0.3) is 0 Å². The van der Waals surface area contributed by atoms with Crippen LogP contribution in [0.4, 0.5) is 11.4 Å². The van der Waals surface area contributed by atoms with Crippen molar-refractivity contribution in [3.05, 3.63) is 22.8 Å². The minimum Gasteiger partial charge on any atom is -0.211 e. The molecule has 0 radical (unpaired) electrons. The van der Waals surface area contributed by atoms with Crippen LogP contribution in [-0.2, 0) is 28.9 Å². The van der Waals surface area contributed by atoms with Crippen LogP contribution in [0.3, 0.4) is 0 Å². The first kappa shape index (κ1) is 16.0. The number of nitrogens with zero attached hydrogens (tertiary/aromatic N) is 2. The molecule has 1 aromatic rings. The first-order valence-electron chi connectivity index (χ1n) is 6.92. The van der Waals surface area contributed by atoms with Gasteiger partial charge in [0.05, 0.1) is 11.4 Å². The van der Waals surface area contributed by atoms with E-state index < -0.39 is 0 Å². The second kappa shape index (κ2) is 7.54. The van der Waals surface area contributed by atoms with Crippen LogP contribution in [0.2, 0.25) is 0 Å². The van der Waals surface area contributed by atoms with Gasteiger partial charge in [0, 0.05) is 5.56 Å². The lowest BCUT2D eigenvalue weighted by Crippen LogP contribution is -2.00. The summed E-state index contributed by atoms with van der Waals surface area (Å²) < 4.78 is 0. The van der Waals surface area contributed by atoms with Crippen LogP contribution in [0, 0.1) is 5.92 Å². The standard InChI is InChI=1S/C16H20N2O2/c1-5-12-8-13(7-11(3)4)16(18-10-20)14(6-2)15(12)17-9-19/h8,11H,5-7H2,1-4H3. The van der Waals surface area contributed by atoms with E-state index in [4.69, 9.17) is 0 Å². The number of benzene rings is 1. The number of carbonyl (C=O) groups excluding carboxylic acids is 2. The highest BCUT2D eigenvalue weighted by atomic mass is 16.1. The molecule has 0 N–H and O–H groups in total. The zero-order chi connectivity index (χ0) is 15.1. The normalized spacial score (nSPS) is 10.1. The smallest absolute Gasteiger partial charge is 0.211 e. The van der Waals surface area contributed by atoms with E-state index >= 15 is 0 Å². The number of rotatable bonds is 6. The molecule has 0 aromatic heterocycles. The predicted molar refractivity (Wildman–Crippen MR) is 79.3 cm³/mol. The quantitative estimate of drug-likeness (QED) is 0.581. The van der Waals surface area contributed by atoms with Crippen LogP contribution in [0.1, 0.15) is 44.4 Å². The molecule has 0 aliphatic rings. The fourth-order valence-corrected chi connectivity index (χ4v) is 2.42. The van der Waals surface area contributed by atoms with Gasteiger partial charge in [0.15, 0.2) is 0 Å². The van der Waals surface area contributed by atoms with Crippen LogP contribution < -0.4 is 0 Å². The summed E-state index contributed by atoms with van der Waals surface area (Å²) in [5.41, 5.74) is 4.05. The van der Waals surface area contributed by atoms with E-state index in [0.717, 1.165) is 29.5 Å². The van der Waals surface area contributed by atoms with Crippen LogP contribution in [0.15, 0.2) is 16.1 Å². The summed E-state index contributed by atoms with van der Waals surface area (Å²) in [7, 11) is 0. The van der Waals surface area contributed by atoms with Gasteiger partial charge >= 0.3 is 0 Å². The molecular weight excluding hydrogens is 252 g/mol. The van der Waals surface area contributed by atoms with Crippen molar-refractivity contribution in [2.45, 2.75) is 47.0 Å². The number of hydrogen-bond donors (Lipinski definition) is 0. The maximum atomic E-state index is 10.7. The highest BCUT2D eigenvalue weighted by Gasteiger charge is 2.16. The number of isocyanates is 2. The van der Waals surface area contributed by atoms with Gasteiger partial charge in [-0.2, -0.15) is 9.98 Å². The third-order valence-corrected chi connectivity index (χ3v) is 3.21. The monoisotopic (exact) mass is 272 g/mol. The summed E-state index contributed by atoms with van der Waals surface area (Å²) in [6, 6.07) is 1.99. The summed E-state index contributed by atoms with van der Waals surface area (Å²) in [4.78, 5) is 29.0. The lowest BCUT2D eigenvalue weighted by molar-refractivity contribution is 0.564. The highest BCUT2D eigenvalue weighted by molar-refractivity contribution is 5.72. The van der Waals surface area contributed by atoms with Gasteiger partial charge in [0.2, 0.25) is 12.2 Å². The molecule has 0 unspecified atom stereocenters. The van der Waals surface area contributed by atoms with Gasteiger partial charge in [-0.1, -0.05) is 33.8 Å². The van der Waals surface area contributed by atoms with Crippen molar-refractivity contribution in [3.8, 4) is 0 Å². The maximum Gasteiger partial charge on any atom is 0.240 e. The lowest BCUT2D eigenvalue weighted by Gasteiger charge is -2.16. The summed E-state index contributed by atoms with van der Waals surface area (Å²) in [5.74, 6) is 0.449. The molecule has 0 heterocycles. The first-order valence-corrected chi connectivity index (χ1v) is 6.92. The molecule has 0 fully saturated rings. The number of aliphatic imine (C=N–C) groups is 2. The summed E-state index contributed by atoms with van der Waals surface area (Å²) in [6.07, 6.45) is 5.46. The van der Waals surface area contributed by atoms with Crippen LogP contribution in [0.5, 0.6) is 0 Å².